The molecule has 1 heterocycles. The number of nitrogens with one attached hydrogen (secondary N) is 1. The third kappa shape index (κ3) is 3.10. The van der Waals surface area contributed by atoms with Crippen LogP contribution >= 0.6 is 0 Å². The minimum atomic E-state index is 0.501. The average molecular weight is 251 g/mol. The Hall–Kier alpha value is -1.36. The van der Waals surface area contributed by atoms with Gasteiger partial charge in [0.15, 0.2) is 0 Å². The van der Waals surface area contributed by atoms with Gasteiger partial charge in [0.25, 0.3) is 0 Å². The van der Waals surface area contributed by atoms with Crippen molar-refractivity contribution in [1.82, 2.24) is 9.97 Å². The van der Waals surface area contributed by atoms with Crippen molar-refractivity contribution in [1.29, 1.82) is 0 Å². The van der Waals surface area contributed by atoms with Crippen LogP contribution in [0.1, 0.15) is 45.6 Å². The molecule has 1 rings (SSSR count). The largest absolute Gasteiger partial charge is 0.356 e. The van der Waals surface area contributed by atoms with Gasteiger partial charge in [-0.3, -0.25) is 0 Å². The first-order valence-electron chi connectivity index (χ1n) is 6.72. The van der Waals surface area contributed by atoms with Crippen molar-refractivity contribution >= 4 is 11.6 Å². The molecule has 102 valence electrons. The third-order valence-corrected chi connectivity index (χ3v) is 3.38. The molecule has 0 aliphatic rings. The first kappa shape index (κ1) is 14.7. The van der Waals surface area contributed by atoms with Gasteiger partial charge in [0.05, 0.1) is 0 Å². The van der Waals surface area contributed by atoms with Gasteiger partial charge in [0.2, 0.25) is 0 Å². The van der Waals surface area contributed by atoms with Gasteiger partial charge in [-0.05, 0) is 19.3 Å². The SMILES string of the molecule is CCCc1c(NN)ncnc1N(C)C(CC)CC. The number of nitrogens with zero attached hydrogens (tertiary/aromatic N) is 3. The van der Waals surface area contributed by atoms with Crippen LogP contribution < -0.4 is 16.2 Å². The van der Waals surface area contributed by atoms with Gasteiger partial charge in [-0.15, -0.1) is 0 Å². The number of hydrogen-bond acceptors (Lipinski definition) is 5. The van der Waals surface area contributed by atoms with Gasteiger partial charge >= 0.3 is 0 Å². The molecule has 0 spiro atoms. The predicted octanol–water partition coefficient (Wildman–Crippen LogP) is 2.34. The Balaban J connectivity index is 3.13. The Morgan fingerprint density at radius 3 is 2.44 bits per heavy atom. The summed E-state index contributed by atoms with van der Waals surface area (Å²) in [5, 5.41) is 0. The highest BCUT2D eigenvalue weighted by Gasteiger charge is 2.18. The summed E-state index contributed by atoms with van der Waals surface area (Å²) < 4.78 is 0. The molecule has 3 N–H and O–H groups in total. The summed E-state index contributed by atoms with van der Waals surface area (Å²) in [6.07, 6.45) is 5.76. The molecule has 0 amide bonds. The average Bonchev–Trinajstić information content (AvgIpc) is 2.40. The molecule has 18 heavy (non-hydrogen) atoms. The molecule has 1 aromatic rings. The number of hydrogen-bond donors (Lipinski definition) is 2. The van der Waals surface area contributed by atoms with Crippen molar-refractivity contribution in [2.75, 3.05) is 17.4 Å². The maximum atomic E-state index is 5.53. The molecule has 5 heteroatoms. The number of nitrogen functional groups attached to an aromatic ring is 1. The van der Waals surface area contributed by atoms with Gasteiger partial charge < -0.3 is 10.3 Å². The molecule has 0 saturated carbocycles. The molecule has 0 radical (unpaired) electrons. The Morgan fingerprint density at radius 1 is 1.28 bits per heavy atom. The first-order chi connectivity index (χ1) is 8.69. The van der Waals surface area contributed by atoms with Gasteiger partial charge in [-0.2, -0.15) is 0 Å². The molecule has 1 aromatic heterocycles. The van der Waals surface area contributed by atoms with Gasteiger partial charge in [0, 0.05) is 18.7 Å². The smallest absolute Gasteiger partial charge is 0.148 e. The Bertz CT molecular complexity index is 362. The van der Waals surface area contributed by atoms with Crippen molar-refractivity contribution in [2.45, 2.75) is 52.5 Å². The highest BCUT2D eigenvalue weighted by Crippen LogP contribution is 2.26. The zero-order chi connectivity index (χ0) is 13.5. The van der Waals surface area contributed by atoms with Crippen LogP contribution in [0, 0.1) is 0 Å². The van der Waals surface area contributed by atoms with Crippen molar-refractivity contribution in [3.63, 3.8) is 0 Å². The first-order valence-corrected chi connectivity index (χ1v) is 6.72. The topological polar surface area (TPSA) is 67.1 Å². The molecular weight excluding hydrogens is 226 g/mol. The fourth-order valence-corrected chi connectivity index (χ4v) is 2.32. The number of nitrogens with two attached hydrogens (primary N) is 1. The molecule has 0 atom stereocenters. The van der Waals surface area contributed by atoms with Crippen LogP contribution in [0.15, 0.2) is 6.33 Å². The van der Waals surface area contributed by atoms with Crippen LogP contribution in [0.25, 0.3) is 0 Å². The standard InChI is InChI=1S/C13H25N5/c1-5-8-11-12(17-14)15-9-16-13(11)18(4)10(6-2)7-3/h9-10H,5-8,14H2,1-4H3,(H,15,16,17). The lowest BCUT2D eigenvalue weighted by Gasteiger charge is -2.29. The molecule has 0 aromatic carbocycles. The molecule has 5 nitrogen and oxygen atoms in total. The van der Waals surface area contributed by atoms with E-state index in [-0.39, 0.29) is 0 Å². The lowest BCUT2D eigenvalue weighted by molar-refractivity contribution is 0.584. The van der Waals surface area contributed by atoms with Gasteiger partial charge in [-0.25, -0.2) is 15.8 Å². The third-order valence-electron chi connectivity index (χ3n) is 3.38. The van der Waals surface area contributed by atoms with Crippen LogP contribution in [0.2, 0.25) is 0 Å². The Labute approximate surface area is 110 Å². The van der Waals surface area contributed by atoms with E-state index in [1.807, 2.05) is 0 Å². The summed E-state index contributed by atoms with van der Waals surface area (Å²) >= 11 is 0. The molecule has 0 unspecified atom stereocenters. The molecule has 0 saturated heterocycles. The summed E-state index contributed by atoms with van der Waals surface area (Å²) in [4.78, 5) is 10.9. The monoisotopic (exact) mass is 251 g/mol. The Morgan fingerprint density at radius 2 is 1.94 bits per heavy atom. The molecular formula is C13H25N5. The minimum Gasteiger partial charge on any atom is -0.356 e. The second kappa shape index (κ2) is 7.16. The normalized spacial score (nSPS) is 10.8. The zero-order valence-electron chi connectivity index (χ0n) is 11.9. The van der Waals surface area contributed by atoms with E-state index in [0.717, 1.165) is 42.9 Å². The van der Waals surface area contributed by atoms with Crippen molar-refractivity contribution < 1.29 is 0 Å². The Kier molecular flexibility index (Phi) is 5.85. The van der Waals surface area contributed by atoms with E-state index in [9.17, 15) is 0 Å². The lowest BCUT2D eigenvalue weighted by Crippen LogP contribution is -2.32. The summed E-state index contributed by atoms with van der Waals surface area (Å²) in [6, 6.07) is 0.501. The van der Waals surface area contributed by atoms with Crippen molar-refractivity contribution in [3.05, 3.63) is 11.9 Å². The highest BCUT2D eigenvalue weighted by molar-refractivity contribution is 5.58. The number of hydrazine groups is 1. The summed E-state index contributed by atoms with van der Waals surface area (Å²) in [5.41, 5.74) is 3.78. The highest BCUT2D eigenvalue weighted by atomic mass is 15.3. The quantitative estimate of drug-likeness (QED) is 0.575. The van der Waals surface area contributed by atoms with Gasteiger partial charge in [0.1, 0.15) is 18.0 Å². The van der Waals surface area contributed by atoms with Crippen LogP contribution in [-0.2, 0) is 6.42 Å². The van der Waals surface area contributed by atoms with E-state index in [2.05, 4.69) is 48.1 Å². The second-order valence-corrected chi connectivity index (χ2v) is 4.50. The summed E-state index contributed by atoms with van der Waals surface area (Å²) in [5.74, 6) is 7.26. The van der Waals surface area contributed by atoms with E-state index in [4.69, 9.17) is 5.84 Å². The fourth-order valence-electron chi connectivity index (χ4n) is 2.32. The predicted molar refractivity (Wildman–Crippen MR) is 76.6 cm³/mol. The fraction of sp³-hybridized carbons (Fsp3) is 0.692. The summed E-state index contributed by atoms with van der Waals surface area (Å²) in [6.45, 7) is 6.55. The number of rotatable bonds is 7. The van der Waals surface area contributed by atoms with Crippen molar-refractivity contribution in [2.24, 2.45) is 5.84 Å². The van der Waals surface area contributed by atoms with Crippen LogP contribution in [0.3, 0.4) is 0 Å². The molecule has 0 aliphatic heterocycles. The molecule has 0 fully saturated rings. The van der Waals surface area contributed by atoms with E-state index >= 15 is 0 Å². The lowest BCUT2D eigenvalue weighted by atomic mass is 10.1. The van der Waals surface area contributed by atoms with Crippen molar-refractivity contribution in [3.8, 4) is 0 Å². The zero-order valence-corrected chi connectivity index (χ0v) is 11.9. The molecule has 0 bridgehead atoms. The minimum absolute atomic E-state index is 0.501. The van der Waals surface area contributed by atoms with E-state index in [1.165, 1.54) is 0 Å². The number of aromatic nitrogens is 2. The van der Waals surface area contributed by atoms with E-state index < -0.39 is 0 Å². The maximum absolute atomic E-state index is 5.53. The summed E-state index contributed by atoms with van der Waals surface area (Å²) in [7, 11) is 2.10. The van der Waals surface area contributed by atoms with Gasteiger partial charge in [-0.1, -0.05) is 27.2 Å². The molecule has 0 aliphatic carbocycles. The van der Waals surface area contributed by atoms with Crippen LogP contribution in [0.4, 0.5) is 11.6 Å². The number of anilines is 2. The van der Waals surface area contributed by atoms with E-state index in [1.54, 1.807) is 6.33 Å². The van der Waals surface area contributed by atoms with Crippen LogP contribution in [0.5, 0.6) is 0 Å². The maximum Gasteiger partial charge on any atom is 0.148 e. The van der Waals surface area contributed by atoms with Crippen LogP contribution in [-0.4, -0.2) is 23.1 Å². The second-order valence-electron chi connectivity index (χ2n) is 4.50. The van der Waals surface area contributed by atoms with E-state index in [0.29, 0.717) is 6.04 Å².